The molecule has 2 aromatic rings. The Balaban J connectivity index is 1.91. The van der Waals surface area contributed by atoms with Crippen LogP contribution in [0.4, 0.5) is 0 Å². The summed E-state index contributed by atoms with van der Waals surface area (Å²) in [6.45, 7) is -0.344. The number of rotatable bonds is 4. The Morgan fingerprint density at radius 2 is 2.09 bits per heavy atom. The molecule has 0 bridgehead atoms. The van der Waals surface area contributed by atoms with E-state index in [2.05, 4.69) is 15.3 Å². The zero-order chi connectivity index (χ0) is 16.4. The molecule has 1 saturated heterocycles. The van der Waals surface area contributed by atoms with Crippen LogP contribution in [0.2, 0.25) is 0 Å². The number of thioether (sulfide) groups is 1. The van der Waals surface area contributed by atoms with E-state index in [-0.39, 0.29) is 6.61 Å². The Bertz CT molecular complexity index is 625. The summed E-state index contributed by atoms with van der Waals surface area (Å²) in [7, 11) is 0. The highest BCUT2D eigenvalue weighted by atomic mass is 32.2. The zero-order valence-electron chi connectivity index (χ0n) is 12.4. The third-order valence-electron chi connectivity index (χ3n) is 3.82. The van der Waals surface area contributed by atoms with Crippen LogP contribution in [0.15, 0.2) is 30.6 Å². The normalized spacial score (nSPS) is 31.2. The number of pyridine rings is 1. The SMILES string of the molecule is CS[C@@H]1O[C@H](CO)[C@H](O)[C@H](n2cc(-c3ccccn3)nn2)[C@H]1O. The maximum absolute atomic E-state index is 10.5. The third kappa shape index (κ3) is 3.10. The fourth-order valence-electron chi connectivity index (χ4n) is 2.63. The summed E-state index contributed by atoms with van der Waals surface area (Å²) < 4.78 is 6.90. The van der Waals surface area contributed by atoms with Crippen molar-refractivity contribution >= 4 is 11.8 Å². The average Bonchev–Trinajstić information content (AvgIpc) is 3.06. The first-order valence-electron chi connectivity index (χ1n) is 7.14. The molecule has 0 saturated carbocycles. The van der Waals surface area contributed by atoms with Gasteiger partial charge in [-0.3, -0.25) is 4.98 Å². The number of ether oxygens (including phenoxy) is 1. The van der Waals surface area contributed by atoms with Crippen molar-refractivity contribution in [2.24, 2.45) is 0 Å². The number of hydrogen-bond acceptors (Lipinski definition) is 8. The predicted octanol–water partition coefficient (Wildman–Crippen LogP) is -0.317. The zero-order valence-corrected chi connectivity index (χ0v) is 13.2. The Kier molecular flexibility index (Phi) is 4.93. The van der Waals surface area contributed by atoms with E-state index in [4.69, 9.17) is 4.74 Å². The topological polar surface area (TPSA) is 114 Å². The minimum atomic E-state index is -1.10. The highest BCUT2D eigenvalue weighted by Gasteiger charge is 2.45. The lowest BCUT2D eigenvalue weighted by Crippen LogP contribution is -2.54. The molecule has 0 spiro atoms. The quantitative estimate of drug-likeness (QED) is 0.695. The molecular formula is C14H18N4O4S. The second-order valence-corrected chi connectivity index (χ2v) is 6.17. The van der Waals surface area contributed by atoms with Gasteiger partial charge in [-0.1, -0.05) is 11.3 Å². The molecule has 0 aliphatic carbocycles. The average molecular weight is 338 g/mol. The molecule has 1 aliphatic heterocycles. The molecule has 5 atom stereocenters. The smallest absolute Gasteiger partial charge is 0.131 e. The van der Waals surface area contributed by atoms with Gasteiger partial charge in [0.25, 0.3) is 0 Å². The lowest BCUT2D eigenvalue weighted by Gasteiger charge is -2.41. The molecule has 0 aromatic carbocycles. The first-order chi connectivity index (χ1) is 11.2. The Hall–Kier alpha value is -1.52. The van der Waals surface area contributed by atoms with Crippen LogP contribution in [0.25, 0.3) is 11.4 Å². The van der Waals surface area contributed by atoms with Crippen LogP contribution in [0.3, 0.4) is 0 Å². The van der Waals surface area contributed by atoms with E-state index >= 15 is 0 Å². The number of nitrogens with zero attached hydrogens (tertiary/aromatic N) is 4. The molecule has 3 N–H and O–H groups in total. The van der Waals surface area contributed by atoms with Crippen molar-refractivity contribution < 1.29 is 20.1 Å². The van der Waals surface area contributed by atoms with Crippen LogP contribution in [-0.2, 0) is 4.74 Å². The van der Waals surface area contributed by atoms with Gasteiger partial charge < -0.3 is 20.1 Å². The minimum absolute atomic E-state index is 0.344. The predicted molar refractivity (Wildman–Crippen MR) is 83.6 cm³/mol. The van der Waals surface area contributed by atoms with Crippen LogP contribution in [0.1, 0.15) is 6.04 Å². The molecule has 124 valence electrons. The first-order valence-corrected chi connectivity index (χ1v) is 8.43. The second kappa shape index (κ2) is 6.93. The molecule has 2 aromatic heterocycles. The van der Waals surface area contributed by atoms with Crippen molar-refractivity contribution in [1.82, 2.24) is 20.0 Å². The molecule has 0 radical (unpaired) electrons. The van der Waals surface area contributed by atoms with Crippen molar-refractivity contribution in [3.05, 3.63) is 30.6 Å². The van der Waals surface area contributed by atoms with E-state index in [1.807, 2.05) is 6.07 Å². The van der Waals surface area contributed by atoms with E-state index in [0.29, 0.717) is 11.4 Å². The van der Waals surface area contributed by atoms with Crippen molar-refractivity contribution in [1.29, 1.82) is 0 Å². The van der Waals surface area contributed by atoms with Crippen molar-refractivity contribution in [3.63, 3.8) is 0 Å². The van der Waals surface area contributed by atoms with E-state index in [1.54, 1.807) is 30.8 Å². The van der Waals surface area contributed by atoms with Crippen molar-refractivity contribution in [2.75, 3.05) is 12.9 Å². The lowest BCUT2D eigenvalue weighted by atomic mass is 9.97. The monoisotopic (exact) mass is 338 g/mol. The summed E-state index contributed by atoms with van der Waals surface area (Å²) in [6.07, 6.45) is 2.19. The Labute approximate surface area is 137 Å². The van der Waals surface area contributed by atoms with Gasteiger partial charge >= 0.3 is 0 Å². The van der Waals surface area contributed by atoms with E-state index in [9.17, 15) is 15.3 Å². The summed E-state index contributed by atoms with van der Waals surface area (Å²) in [6, 6.07) is 4.68. The largest absolute Gasteiger partial charge is 0.394 e. The molecule has 0 amide bonds. The third-order valence-corrected chi connectivity index (χ3v) is 4.68. The van der Waals surface area contributed by atoms with Gasteiger partial charge in [-0.2, -0.15) is 0 Å². The second-order valence-electron chi connectivity index (χ2n) is 5.23. The molecule has 3 rings (SSSR count). The maximum atomic E-state index is 10.5. The van der Waals surface area contributed by atoms with Gasteiger partial charge in [-0.15, -0.1) is 16.9 Å². The maximum Gasteiger partial charge on any atom is 0.131 e. The number of aliphatic hydroxyl groups excluding tert-OH is 3. The van der Waals surface area contributed by atoms with E-state index in [1.165, 1.54) is 16.4 Å². The van der Waals surface area contributed by atoms with E-state index < -0.39 is 29.8 Å². The fourth-order valence-corrected chi connectivity index (χ4v) is 3.32. The molecule has 0 unspecified atom stereocenters. The van der Waals surface area contributed by atoms with Crippen LogP contribution in [0, 0.1) is 0 Å². The van der Waals surface area contributed by atoms with Gasteiger partial charge in [0.2, 0.25) is 0 Å². The molecule has 1 aliphatic rings. The fraction of sp³-hybridized carbons (Fsp3) is 0.500. The molecule has 1 fully saturated rings. The highest BCUT2D eigenvalue weighted by molar-refractivity contribution is 7.99. The Morgan fingerprint density at radius 3 is 2.74 bits per heavy atom. The number of hydrogen-bond donors (Lipinski definition) is 3. The van der Waals surface area contributed by atoms with Gasteiger partial charge in [0.1, 0.15) is 35.5 Å². The van der Waals surface area contributed by atoms with Crippen molar-refractivity contribution in [2.45, 2.75) is 29.8 Å². The van der Waals surface area contributed by atoms with Gasteiger partial charge in [0.05, 0.1) is 18.5 Å². The molecule has 3 heterocycles. The van der Waals surface area contributed by atoms with Crippen molar-refractivity contribution in [3.8, 4) is 11.4 Å². The van der Waals surface area contributed by atoms with E-state index in [0.717, 1.165) is 0 Å². The summed E-state index contributed by atoms with van der Waals surface area (Å²) in [5.74, 6) is 0. The molecular weight excluding hydrogens is 320 g/mol. The van der Waals surface area contributed by atoms with Gasteiger partial charge in [0, 0.05) is 6.20 Å². The molecule has 9 heteroatoms. The Morgan fingerprint density at radius 1 is 1.26 bits per heavy atom. The summed E-state index contributed by atoms with van der Waals surface area (Å²) >= 11 is 1.31. The number of aromatic nitrogens is 4. The lowest BCUT2D eigenvalue weighted by molar-refractivity contribution is -0.178. The summed E-state index contributed by atoms with van der Waals surface area (Å²) in [5.41, 5.74) is 0.621. The van der Waals surface area contributed by atoms with Gasteiger partial charge in [0.15, 0.2) is 0 Å². The molecule has 8 nitrogen and oxygen atoms in total. The first kappa shape index (κ1) is 16.3. The standard InChI is InChI=1S/C14H18N4O4S/c1-23-14-13(21)11(12(20)10(7-19)22-14)18-6-9(16-17-18)8-4-2-3-5-15-8/h2-6,10-14,19-21H,7H2,1H3/t10-,11+,12+,13-,14+/m1/s1. The van der Waals surface area contributed by atoms with Gasteiger partial charge in [-0.05, 0) is 18.4 Å². The molecule has 23 heavy (non-hydrogen) atoms. The van der Waals surface area contributed by atoms with Crippen LogP contribution >= 0.6 is 11.8 Å². The van der Waals surface area contributed by atoms with Crippen LogP contribution in [0.5, 0.6) is 0 Å². The highest BCUT2D eigenvalue weighted by Crippen LogP contribution is 2.34. The van der Waals surface area contributed by atoms with Crippen LogP contribution in [-0.4, -0.2) is 71.9 Å². The van der Waals surface area contributed by atoms with Gasteiger partial charge in [-0.25, -0.2) is 4.68 Å². The summed E-state index contributed by atoms with van der Waals surface area (Å²) in [4.78, 5) is 4.20. The summed E-state index contributed by atoms with van der Waals surface area (Å²) in [5, 5.41) is 38.3. The minimum Gasteiger partial charge on any atom is -0.394 e. The number of aliphatic hydroxyl groups is 3. The van der Waals surface area contributed by atoms with Crippen LogP contribution < -0.4 is 0 Å².